The summed E-state index contributed by atoms with van der Waals surface area (Å²) in [6.07, 6.45) is 4.51. The van der Waals surface area contributed by atoms with Crippen molar-refractivity contribution in [1.29, 1.82) is 0 Å². The lowest BCUT2D eigenvalue weighted by Gasteiger charge is -2.23. The average molecular weight is 328 g/mol. The first-order valence-corrected chi connectivity index (χ1v) is 8.22. The number of carboxylic acid groups (broad SMARTS) is 1. The minimum atomic E-state index is -0.932. The Labute approximate surface area is 137 Å². The van der Waals surface area contributed by atoms with Gasteiger partial charge in [-0.2, -0.15) is 0 Å². The molecule has 2 aromatic rings. The molecule has 0 spiro atoms. The van der Waals surface area contributed by atoms with Gasteiger partial charge in [0.1, 0.15) is 0 Å². The summed E-state index contributed by atoms with van der Waals surface area (Å²) in [7, 11) is 0. The second kappa shape index (κ2) is 6.75. The van der Waals surface area contributed by atoms with Crippen molar-refractivity contribution in [3.8, 4) is 11.3 Å². The molecule has 1 aliphatic rings. The zero-order valence-electron chi connectivity index (χ0n) is 12.3. The number of thiazole rings is 1. The number of rotatable bonds is 4. The Morgan fingerprint density at radius 3 is 2.52 bits per heavy atom. The van der Waals surface area contributed by atoms with Crippen molar-refractivity contribution < 1.29 is 14.7 Å². The molecule has 0 saturated heterocycles. The van der Waals surface area contributed by atoms with Gasteiger partial charge in [0.05, 0.1) is 17.5 Å². The molecule has 1 aromatic heterocycles. The Balaban J connectivity index is 1.72. The standard InChI is InChI=1S/C17H16N2O3S/c20-15(12-8-4-5-9-13(12)16(21)22)19-17-18-14(10-23-17)11-6-2-1-3-7-11/h1-7,10,12-13H,8-9H2,(H,21,22)(H,18,19,20)/t12-,13-/m1/s1. The highest BCUT2D eigenvalue weighted by Gasteiger charge is 2.34. The molecule has 0 saturated carbocycles. The summed E-state index contributed by atoms with van der Waals surface area (Å²) in [5, 5.41) is 14.4. The van der Waals surface area contributed by atoms with Gasteiger partial charge >= 0.3 is 5.97 Å². The van der Waals surface area contributed by atoms with Crippen molar-refractivity contribution >= 4 is 28.3 Å². The molecule has 1 aromatic carbocycles. The number of anilines is 1. The van der Waals surface area contributed by atoms with Gasteiger partial charge in [0.2, 0.25) is 5.91 Å². The number of benzene rings is 1. The summed E-state index contributed by atoms with van der Waals surface area (Å²) < 4.78 is 0. The molecule has 2 N–H and O–H groups in total. The number of nitrogens with zero attached hydrogens (tertiary/aromatic N) is 1. The molecule has 1 amide bonds. The number of aromatic nitrogens is 1. The van der Waals surface area contributed by atoms with Crippen LogP contribution in [0, 0.1) is 11.8 Å². The minimum absolute atomic E-state index is 0.282. The number of carbonyl (C=O) groups is 2. The van der Waals surface area contributed by atoms with Crippen molar-refractivity contribution in [2.45, 2.75) is 12.8 Å². The van der Waals surface area contributed by atoms with Crippen LogP contribution in [0.15, 0.2) is 47.9 Å². The highest BCUT2D eigenvalue weighted by Crippen LogP contribution is 2.29. The van der Waals surface area contributed by atoms with Gasteiger partial charge in [-0.15, -0.1) is 11.3 Å². The largest absolute Gasteiger partial charge is 0.481 e. The SMILES string of the molecule is O=C(O)[C@@H]1CC=CC[C@H]1C(=O)Nc1nc(-c2ccccc2)cs1. The Bertz CT molecular complexity index is 739. The molecule has 3 rings (SSSR count). The van der Waals surface area contributed by atoms with Gasteiger partial charge in [0.25, 0.3) is 0 Å². The maximum absolute atomic E-state index is 12.4. The molecule has 0 unspecified atom stereocenters. The summed E-state index contributed by atoms with van der Waals surface area (Å²) in [5.74, 6) is -2.44. The molecule has 6 heteroatoms. The second-order valence-electron chi connectivity index (χ2n) is 5.39. The minimum Gasteiger partial charge on any atom is -0.481 e. The summed E-state index contributed by atoms with van der Waals surface area (Å²) in [6, 6.07) is 9.69. The fourth-order valence-electron chi connectivity index (χ4n) is 2.65. The van der Waals surface area contributed by atoms with Gasteiger partial charge < -0.3 is 10.4 Å². The summed E-state index contributed by atoms with van der Waals surface area (Å²) >= 11 is 1.34. The van der Waals surface area contributed by atoms with Crippen LogP contribution >= 0.6 is 11.3 Å². The Hall–Kier alpha value is -2.47. The van der Waals surface area contributed by atoms with Gasteiger partial charge in [-0.25, -0.2) is 4.98 Å². The van der Waals surface area contributed by atoms with Crippen LogP contribution in [-0.2, 0) is 9.59 Å². The molecule has 23 heavy (non-hydrogen) atoms. The molecule has 118 valence electrons. The first kappa shape index (κ1) is 15.4. The van der Waals surface area contributed by atoms with Crippen LogP contribution in [0.1, 0.15) is 12.8 Å². The van der Waals surface area contributed by atoms with Crippen molar-refractivity contribution in [1.82, 2.24) is 4.98 Å². The van der Waals surface area contributed by atoms with Crippen LogP contribution in [0.4, 0.5) is 5.13 Å². The van der Waals surface area contributed by atoms with Crippen molar-refractivity contribution in [2.75, 3.05) is 5.32 Å². The van der Waals surface area contributed by atoms with Crippen LogP contribution in [0.3, 0.4) is 0 Å². The van der Waals surface area contributed by atoms with E-state index in [9.17, 15) is 14.7 Å². The third kappa shape index (κ3) is 3.48. The van der Waals surface area contributed by atoms with Crippen LogP contribution in [0.25, 0.3) is 11.3 Å². The van der Waals surface area contributed by atoms with E-state index in [4.69, 9.17) is 0 Å². The first-order valence-electron chi connectivity index (χ1n) is 7.35. The maximum Gasteiger partial charge on any atom is 0.307 e. The Kier molecular flexibility index (Phi) is 4.52. The van der Waals surface area contributed by atoms with E-state index in [1.54, 1.807) is 0 Å². The molecule has 2 atom stereocenters. The molecule has 0 bridgehead atoms. The summed E-state index contributed by atoms with van der Waals surface area (Å²) in [6.45, 7) is 0. The normalized spacial score (nSPS) is 20.2. The van der Waals surface area contributed by atoms with E-state index in [1.807, 2.05) is 47.9 Å². The lowest BCUT2D eigenvalue weighted by molar-refractivity contribution is -0.146. The first-order chi connectivity index (χ1) is 11.1. The zero-order chi connectivity index (χ0) is 16.2. The number of aliphatic carboxylic acids is 1. The lowest BCUT2D eigenvalue weighted by atomic mass is 9.82. The molecule has 0 aliphatic heterocycles. The van der Waals surface area contributed by atoms with E-state index in [1.165, 1.54) is 11.3 Å². The summed E-state index contributed by atoms with van der Waals surface area (Å²) in [5.41, 5.74) is 1.78. The van der Waals surface area contributed by atoms with E-state index >= 15 is 0 Å². The molecular weight excluding hydrogens is 312 g/mol. The van der Waals surface area contributed by atoms with Gasteiger partial charge in [-0.1, -0.05) is 42.5 Å². The van der Waals surface area contributed by atoms with Crippen LogP contribution in [0.5, 0.6) is 0 Å². The predicted octanol–water partition coefficient (Wildman–Crippen LogP) is 3.42. The Morgan fingerprint density at radius 1 is 1.13 bits per heavy atom. The van der Waals surface area contributed by atoms with Crippen LogP contribution in [-0.4, -0.2) is 22.0 Å². The predicted molar refractivity (Wildman–Crippen MR) is 89.2 cm³/mol. The fourth-order valence-corrected chi connectivity index (χ4v) is 3.37. The number of hydrogen-bond donors (Lipinski definition) is 2. The molecule has 5 nitrogen and oxygen atoms in total. The number of carbonyl (C=O) groups excluding carboxylic acids is 1. The molecule has 1 aliphatic carbocycles. The zero-order valence-corrected chi connectivity index (χ0v) is 13.1. The molecular formula is C17H16N2O3S. The van der Waals surface area contributed by atoms with Crippen molar-refractivity contribution in [3.63, 3.8) is 0 Å². The topological polar surface area (TPSA) is 79.3 Å². The fraction of sp³-hybridized carbons (Fsp3) is 0.235. The quantitative estimate of drug-likeness (QED) is 0.843. The number of amides is 1. The monoisotopic (exact) mass is 328 g/mol. The van der Waals surface area contributed by atoms with Gasteiger partial charge in [0.15, 0.2) is 5.13 Å². The number of allylic oxidation sites excluding steroid dienone is 2. The van der Waals surface area contributed by atoms with Crippen LogP contribution < -0.4 is 5.32 Å². The smallest absolute Gasteiger partial charge is 0.307 e. The van der Waals surface area contributed by atoms with Crippen LogP contribution in [0.2, 0.25) is 0 Å². The third-order valence-corrected chi connectivity index (χ3v) is 4.65. The highest BCUT2D eigenvalue weighted by atomic mass is 32.1. The van der Waals surface area contributed by atoms with Gasteiger partial charge in [-0.05, 0) is 12.8 Å². The van der Waals surface area contributed by atoms with Crippen molar-refractivity contribution in [3.05, 3.63) is 47.9 Å². The van der Waals surface area contributed by atoms with E-state index in [2.05, 4.69) is 10.3 Å². The Morgan fingerprint density at radius 2 is 1.83 bits per heavy atom. The van der Waals surface area contributed by atoms with Crippen molar-refractivity contribution in [2.24, 2.45) is 11.8 Å². The third-order valence-electron chi connectivity index (χ3n) is 3.89. The molecule has 1 heterocycles. The summed E-state index contributed by atoms with van der Waals surface area (Å²) in [4.78, 5) is 28.1. The van der Waals surface area contributed by atoms with Gasteiger partial charge in [0, 0.05) is 10.9 Å². The lowest BCUT2D eigenvalue weighted by Crippen LogP contribution is -2.34. The van der Waals surface area contributed by atoms with E-state index in [0.29, 0.717) is 18.0 Å². The molecule has 0 radical (unpaired) electrons. The number of hydrogen-bond acceptors (Lipinski definition) is 4. The molecule has 0 fully saturated rings. The van der Waals surface area contributed by atoms with Gasteiger partial charge in [-0.3, -0.25) is 9.59 Å². The highest BCUT2D eigenvalue weighted by molar-refractivity contribution is 7.14. The number of nitrogens with one attached hydrogen (secondary N) is 1. The van der Waals surface area contributed by atoms with E-state index < -0.39 is 17.8 Å². The second-order valence-corrected chi connectivity index (χ2v) is 6.25. The maximum atomic E-state index is 12.4. The van der Waals surface area contributed by atoms with E-state index in [0.717, 1.165) is 11.3 Å². The average Bonchev–Trinajstić information content (AvgIpc) is 3.04. The number of carboxylic acids is 1. The van der Waals surface area contributed by atoms with E-state index in [-0.39, 0.29) is 5.91 Å².